The Morgan fingerprint density at radius 3 is 2.90 bits per heavy atom. The number of hydrogen-bond donors (Lipinski definition) is 1. The van der Waals surface area contributed by atoms with E-state index in [-0.39, 0.29) is 11.6 Å². The lowest BCUT2D eigenvalue weighted by atomic mass is 10.2. The number of aryl methyl sites for hydroxylation is 1. The average molecular weight is 277 g/mol. The van der Waals surface area contributed by atoms with Crippen LogP contribution >= 0.6 is 0 Å². The summed E-state index contributed by atoms with van der Waals surface area (Å²) >= 11 is 0. The fourth-order valence-corrected chi connectivity index (χ4v) is 2.13. The van der Waals surface area contributed by atoms with Crippen LogP contribution in [-0.4, -0.2) is 23.2 Å². The maximum absolute atomic E-state index is 14.2. The molecule has 0 aliphatic rings. The summed E-state index contributed by atoms with van der Waals surface area (Å²) in [6, 6.07) is 5.20. The number of halogens is 1. The van der Waals surface area contributed by atoms with E-state index in [0.717, 1.165) is 24.6 Å². The highest BCUT2D eigenvalue weighted by atomic mass is 19.1. The molecule has 2 rings (SSSR count). The molecular weight excluding hydrogens is 257 g/mol. The second-order valence-corrected chi connectivity index (χ2v) is 4.60. The molecular formula is C15H20FN3O. The molecule has 2 aromatic rings. The minimum absolute atomic E-state index is 0.272. The average Bonchev–Trinajstić information content (AvgIpc) is 2.80. The highest BCUT2D eigenvalue weighted by molar-refractivity contribution is 5.31. The van der Waals surface area contributed by atoms with Crippen LogP contribution in [-0.2, 0) is 13.1 Å². The number of aromatic nitrogens is 2. The van der Waals surface area contributed by atoms with Gasteiger partial charge in [0.05, 0.1) is 19.3 Å². The second-order valence-electron chi connectivity index (χ2n) is 4.60. The summed E-state index contributed by atoms with van der Waals surface area (Å²) in [6.07, 6.45) is 1.83. The first-order valence-corrected chi connectivity index (χ1v) is 6.70. The molecule has 20 heavy (non-hydrogen) atoms. The van der Waals surface area contributed by atoms with Crippen LogP contribution in [0, 0.1) is 12.7 Å². The summed E-state index contributed by atoms with van der Waals surface area (Å²) in [7, 11) is 1.47. The molecule has 0 amide bonds. The Morgan fingerprint density at radius 1 is 1.40 bits per heavy atom. The summed E-state index contributed by atoms with van der Waals surface area (Å²) in [6.45, 7) is 6.04. The molecule has 0 radical (unpaired) electrons. The van der Waals surface area contributed by atoms with Crippen molar-refractivity contribution in [3.63, 3.8) is 0 Å². The predicted octanol–water partition coefficient (Wildman–Crippen LogP) is 2.50. The highest BCUT2D eigenvalue weighted by Gasteiger charge is 2.12. The molecule has 0 aliphatic heterocycles. The van der Waals surface area contributed by atoms with Crippen molar-refractivity contribution in [3.05, 3.63) is 47.3 Å². The van der Waals surface area contributed by atoms with Gasteiger partial charge in [0.2, 0.25) is 0 Å². The predicted molar refractivity (Wildman–Crippen MR) is 76.4 cm³/mol. The molecule has 4 nitrogen and oxygen atoms in total. The van der Waals surface area contributed by atoms with Crippen molar-refractivity contribution < 1.29 is 9.13 Å². The minimum atomic E-state index is -0.308. The Hall–Kier alpha value is -1.88. The Morgan fingerprint density at radius 2 is 2.20 bits per heavy atom. The first-order valence-electron chi connectivity index (χ1n) is 6.70. The number of ether oxygens (including phenoxy) is 1. The summed E-state index contributed by atoms with van der Waals surface area (Å²) in [5.41, 5.74) is 1.65. The first kappa shape index (κ1) is 14.5. The van der Waals surface area contributed by atoms with Crippen molar-refractivity contribution in [3.8, 4) is 5.75 Å². The zero-order valence-electron chi connectivity index (χ0n) is 12.1. The minimum Gasteiger partial charge on any atom is -0.494 e. The second kappa shape index (κ2) is 6.52. The van der Waals surface area contributed by atoms with Crippen LogP contribution in [0.1, 0.15) is 24.0 Å². The van der Waals surface area contributed by atoms with Gasteiger partial charge in [-0.2, -0.15) is 0 Å². The molecule has 0 saturated heterocycles. The molecule has 108 valence electrons. The van der Waals surface area contributed by atoms with Gasteiger partial charge in [0.1, 0.15) is 5.82 Å². The Labute approximate surface area is 118 Å². The third-order valence-corrected chi connectivity index (χ3v) is 3.29. The van der Waals surface area contributed by atoms with E-state index >= 15 is 0 Å². The van der Waals surface area contributed by atoms with Crippen LogP contribution in [0.25, 0.3) is 0 Å². The van der Waals surface area contributed by atoms with Gasteiger partial charge in [-0.15, -0.1) is 0 Å². The molecule has 1 heterocycles. The molecule has 0 spiro atoms. The Balaban J connectivity index is 2.28. The standard InChI is InChI=1S/C15H20FN3O/c1-4-17-8-13-9-18-11(2)19(13)10-12-6-5-7-14(20-3)15(12)16/h5-7,9,17H,4,8,10H2,1-3H3. The van der Waals surface area contributed by atoms with E-state index in [9.17, 15) is 4.39 Å². The summed E-state index contributed by atoms with van der Waals surface area (Å²) in [4.78, 5) is 4.31. The van der Waals surface area contributed by atoms with Crippen LogP contribution in [0.15, 0.2) is 24.4 Å². The molecule has 1 aromatic heterocycles. The zero-order chi connectivity index (χ0) is 14.5. The van der Waals surface area contributed by atoms with Gasteiger partial charge >= 0.3 is 0 Å². The summed E-state index contributed by atoms with van der Waals surface area (Å²) in [5.74, 6) is 0.839. The lowest BCUT2D eigenvalue weighted by molar-refractivity contribution is 0.383. The van der Waals surface area contributed by atoms with Crippen LogP contribution in [0.2, 0.25) is 0 Å². The number of rotatable bonds is 6. The number of nitrogens with one attached hydrogen (secondary N) is 1. The van der Waals surface area contributed by atoms with Crippen LogP contribution in [0.4, 0.5) is 4.39 Å². The van der Waals surface area contributed by atoms with E-state index < -0.39 is 0 Å². The molecule has 0 unspecified atom stereocenters. The van der Waals surface area contributed by atoms with E-state index in [2.05, 4.69) is 17.2 Å². The van der Waals surface area contributed by atoms with Gasteiger partial charge in [-0.05, 0) is 19.5 Å². The SMILES string of the molecule is CCNCc1cnc(C)n1Cc1cccc(OC)c1F. The van der Waals surface area contributed by atoms with Crippen LogP contribution in [0.3, 0.4) is 0 Å². The van der Waals surface area contributed by atoms with E-state index in [1.165, 1.54) is 7.11 Å². The molecule has 0 atom stereocenters. The highest BCUT2D eigenvalue weighted by Crippen LogP contribution is 2.21. The van der Waals surface area contributed by atoms with Gasteiger partial charge in [0.15, 0.2) is 11.6 Å². The molecule has 0 fully saturated rings. The largest absolute Gasteiger partial charge is 0.494 e. The van der Waals surface area contributed by atoms with Crippen molar-refractivity contribution in [2.24, 2.45) is 0 Å². The Bertz CT molecular complexity index is 580. The third kappa shape index (κ3) is 2.99. The monoisotopic (exact) mass is 277 g/mol. The van der Waals surface area contributed by atoms with Crippen LogP contribution in [0.5, 0.6) is 5.75 Å². The van der Waals surface area contributed by atoms with E-state index in [4.69, 9.17) is 4.74 Å². The third-order valence-electron chi connectivity index (χ3n) is 3.29. The van der Waals surface area contributed by atoms with Crippen molar-refractivity contribution in [1.82, 2.24) is 14.9 Å². The van der Waals surface area contributed by atoms with Crippen molar-refractivity contribution in [2.45, 2.75) is 26.9 Å². The molecule has 1 aromatic carbocycles. The maximum atomic E-state index is 14.2. The smallest absolute Gasteiger partial charge is 0.170 e. The van der Waals surface area contributed by atoms with Crippen molar-refractivity contribution >= 4 is 0 Å². The number of imidazole rings is 1. The van der Waals surface area contributed by atoms with E-state index in [0.29, 0.717) is 12.1 Å². The van der Waals surface area contributed by atoms with Gasteiger partial charge in [-0.25, -0.2) is 9.37 Å². The number of nitrogens with zero attached hydrogens (tertiary/aromatic N) is 2. The van der Waals surface area contributed by atoms with Gasteiger partial charge < -0.3 is 14.6 Å². The molecule has 5 heteroatoms. The molecule has 0 bridgehead atoms. The topological polar surface area (TPSA) is 39.1 Å². The molecule has 0 saturated carbocycles. The fourth-order valence-electron chi connectivity index (χ4n) is 2.13. The van der Waals surface area contributed by atoms with Gasteiger partial charge in [0, 0.05) is 18.3 Å². The van der Waals surface area contributed by atoms with Crippen molar-refractivity contribution in [2.75, 3.05) is 13.7 Å². The number of hydrogen-bond acceptors (Lipinski definition) is 3. The van der Waals surface area contributed by atoms with Gasteiger partial charge in [0.25, 0.3) is 0 Å². The number of benzene rings is 1. The molecule has 0 aliphatic carbocycles. The normalized spacial score (nSPS) is 10.8. The van der Waals surface area contributed by atoms with Gasteiger partial charge in [-0.1, -0.05) is 19.1 Å². The van der Waals surface area contributed by atoms with Crippen LogP contribution < -0.4 is 10.1 Å². The van der Waals surface area contributed by atoms with E-state index in [1.54, 1.807) is 18.2 Å². The van der Waals surface area contributed by atoms with Crippen molar-refractivity contribution in [1.29, 1.82) is 0 Å². The lowest BCUT2D eigenvalue weighted by Gasteiger charge is -2.12. The zero-order valence-corrected chi connectivity index (χ0v) is 12.1. The van der Waals surface area contributed by atoms with Gasteiger partial charge in [-0.3, -0.25) is 0 Å². The number of methoxy groups -OCH3 is 1. The first-order chi connectivity index (χ1) is 9.67. The summed E-state index contributed by atoms with van der Waals surface area (Å²) in [5, 5.41) is 3.26. The van der Waals surface area contributed by atoms with E-state index in [1.807, 2.05) is 17.7 Å². The lowest BCUT2D eigenvalue weighted by Crippen LogP contribution is -2.16. The summed E-state index contributed by atoms with van der Waals surface area (Å²) < 4.78 is 21.2. The fraction of sp³-hybridized carbons (Fsp3) is 0.400. The molecule has 1 N–H and O–H groups in total. The maximum Gasteiger partial charge on any atom is 0.170 e. The quantitative estimate of drug-likeness (QED) is 0.881. The Kier molecular flexibility index (Phi) is 4.74.